The summed E-state index contributed by atoms with van der Waals surface area (Å²) in [4.78, 5) is 2.41. The lowest BCUT2D eigenvalue weighted by molar-refractivity contribution is 0.289. The van der Waals surface area contributed by atoms with E-state index in [0.29, 0.717) is 12.0 Å². The summed E-state index contributed by atoms with van der Waals surface area (Å²) < 4.78 is 6.93. The van der Waals surface area contributed by atoms with Crippen LogP contribution in [0.25, 0.3) is 0 Å². The third kappa shape index (κ3) is 3.94. The van der Waals surface area contributed by atoms with E-state index in [0.717, 1.165) is 42.9 Å². The average Bonchev–Trinajstić information content (AvgIpc) is 2.67. The van der Waals surface area contributed by atoms with E-state index in [1.165, 1.54) is 5.56 Å². The van der Waals surface area contributed by atoms with Gasteiger partial charge in [0.05, 0.1) is 6.61 Å². The molecule has 0 amide bonds. The predicted molar refractivity (Wildman–Crippen MR) is 82.3 cm³/mol. The largest absolute Gasteiger partial charge is 0.493 e. The maximum absolute atomic E-state index is 6.09. The van der Waals surface area contributed by atoms with Crippen LogP contribution in [-0.4, -0.2) is 30.6 Å². The summed E-state index contributed by atoms with van der Waals surface area (Å²) in [7, 11) is 0. The minimum atomic E-state index is 0.298. The number of hydrogen-bond acceptors (Lipinski definition) is 3. The second-order valence-electron chi connectivity index (χ2n) is 5.44. The first kappa shape index (κ1) is 14.8. The lowest BCUT2D eigenvalue weighted by atomic mass is 10.1. The van der Waals surface area contributed by atoms with Crippen molar-refractivity contribution in [3.63, 3.8) is 0 Å². The van der Waals surface area contributed by atoms with Gasteiger partial charge in [0.2, 0.25) is 0 Å². The first-order valence-corrected chi connectivity index (χ1v) is 7.78. The standard InChI is InChI=1S/C15H23BrN2O/c1-3-6-19-15-5-4-13(16)7-12(15)9-18-8-11(2)14(17)10-18/h4-5,7,11,14H,3,6,8-10,17H2,1-2H3. The van der Waals surface area contributed by atoms with Crippen LogP contribution in [0.2, 0.25) is 0 Å². The van der Waals surface area contributed by atoms with Crippen molar-refractivity contribution >= 4 is 15.9 Å². The van der Waals surface area contributed by atoms with E-state index in [2.05, 4.69) is 46.8 Å². The van der Waals surface area contributed by atoms with E-state index in [1.807, 2.05) is 6.07 Å². The molecule has 1 aliphatic rings. The smallest absolute Gasteiger partial charge is 0.123 e. The van der Waals surface area contributed by atoms with Gasteiger partial charge < -0.3 is 10.5 Å². The lowest BCUT2D eigenvalue weighted by Gasteiger charge is -2.18. The fourth-order valence-corrected chi connectivity index (χ4v) is 2.90. The molecule has 0 radical (unpaired) electrons. The molecule has 0 bridgehead atoms. The highest BCUT2D eigenvalue weighted by Gasteiger charge is 2.26. The van der Waals surface area contributed by atoms with Crippen molar-refractivity contribution < 1.29 is 4.74 Å². The molecule has 1 heterocycles. The van der Waals surface area contributed by atoms with Crippen LogP contribution in [-0.2, 0) is 6.54 Å². The lowest BCUT2D eigenvalue weighted by Crippen LogP contribution is -2.28. The van der Waals surface area contributed by atoms with Gasteiger partial charge in [-0.25, -0.2) is 0 Å². The number of likely N-dealkylation sites (tertiary alicyclic amines) is 1. The van der Waals surface area contributed by atoms with Crippen molar-refractivity contribution in [1.82, 2.24) is 4.90 Å². The fraction of sp³-hybridized carbons (Fsp3) is 0.600. The van der Waals surface area contributed by atoms with E-state index in [1.54, 1.807) is 0 Å². The first-order chi connectivity index (χ1) is 9.10. The molecule has 0 saturated carbocycles. The monoisotopic (exact) mass is 326 g/mol. The number of hydrogen-bond donors (Lipinski definition) is 1. The SMILES string of the molecule is CCCOc1ccc(Br)cc1CN1CC(C)C(N)C1. The number of rotatable bonds is 5. The molecule has 1 aliphatic heterocycles. The average molecular weight is 327 g/mol. The van der Waals surface area contributed by atoms with Gasteiger partial charge in [-0.3, -0.25) is 4.90 Å². The molecular formula is C15H23BrN2O. The van der Waals surface area contributed by atoms with Crippen LogP contribution in [0.1, 0.15) is 25.8 Å². The van der Waals surface area contributed by atoms with Gasteiger partial charge >= 0.3 is 0 Å². The highest BCUT2D eigenvalue weighted by atomic mass is 79.9. The molecule has 0 aliphatic carbocycles. The molecule has 3 nitrogen and oxygen atoms in total. The van der Waals surface area contributed by atoms with Crippen molar-refractivity contribution in [2.75, 3.05) is 19.7 Å². The Morgan fingerprint density at radius 2 is 2.21 bits per heavy atom. The quantitative estimate of drug-likeness (QED) is 0.903. The molecule has 2 rings (SSSR count). The Bertz CT molecular complexity index is 415. The number of nitrogens with two attached hydrogens (primary N) is 1. The van der Waals surface area contributed by atoms with Gasteiger partial charge in [0.1, 0.15) is 5.75 Å². The van der Waals surface area contributed by atoms with Gasteiger partial charge in [-0.05, 0) is 30.5 Å². The number of benzene rings is 1. The number of halogens is 1. The first-order valence-electron chi connectivity index (χ1n) is 6.99. The molecule has 19 heavy (non-hydrogen) atoms. The summed E-state index contributed by atoms with van der Waals surface area (Å²) in [5.74, 6) is 1.57. The molecular weight excluding hydrogens is 304 g/mol. The summed E-state index contributed by atoms with van der Waals surface area (Å²) >= 11 is 3.54. The maximum Gasteiger partial charge on any atom is 0.123 e. The van der Waals surface area contributed by atoms with Crippen LogP contribution in [0.3, 0.4) is 0 Å². The highest BCUT2D eigenvalue weighted by molar-refractivity contribution is 9.10. The Balaban J connectivity index is 2.07. The Hall–Kier alpha value is -0.580. The molecule has 1 aromatic rings. The van der Waals surface area contributed by atoms with E-state index in [9.17, 15) is 0 Å². The Labute approximate surface area is 124 Å². The minimum Gasteiger partial charge on any atom is -0.493 e. The topological polar surface area (TPSA) is 38.5 Å². The van der Waals surface area contributed by atoms with Crippen molar-refractivity contribution in [3.8, 4) is 5.75 Å². The van der Waals surface area contributed by atoms with Crippen LogP contribution in [0.4, 0.5) is 0 Å². The third-order valence-corrected chi connectivity index (χ3v) is 4.12. The van der Waals surface area contributed by atoms with Crippen molar-refractivity contribution in [2.45, 2.75) is 32.9 Å². The molecule has 1 saturated heterocycles. The minimum absolute atomic E-state index is 0.298. The molecule has 2 unspecified atom stereocenters. The third-order valence-electron chi connectivity index (χ3n) is 3.62. The molecule has 106 valence electrons. The zero-order chi connectivity index (χ0) is 13.8. The number of ether oxygens (including phenoxy) is 1. The number of nitrogens with zero attached hydrogens (tertiary/aromatic N) is 1. The van der Waals surface area contributed by atoms with E-state index < -0.39 is 0 Å². The Morgan fingerprint density at radius 1 is 1.42 bits per heavy atom. The van der Waals surface area contributed by atoms with Gasteiger partial charge in [0.15, 0.2) is 0 Å². The summed E-state index contributed by atoms with van der Waals surface area (Å²) in [5.41, 5.74) is 7.33. The summed E-state index contributed by atoms with van der Waals surface area (Å²) in [6.45, 7) is 8.07. The molecule has 0 spiro atoms. The van der Waals surface area contributed by atoms with Gasteiger partial charge in [0.25, 0.3) is 0 Å². The van der Waals surface area contributed by atoms with Crippen LogP contribution < -0.4 is 10.5 Å². The molecule has 0 aromatic heterocycles. The normalized spacial score (nSPS) is 23.8. The molecule has 2 N–H and O–H groups in total. The molecule has 4 heteroatoms. The van der Waals surface area contributed by atoms with Gasteiger partial charge in [0, 0.05) is 35.7 Å². The van der Waals surface area contributed by atoms with Crippen molar-refractivity contribution in [1.29, 1.82) is 0 Å². The highest BCUT2D eigenvalue weighted by Crippen LogP contribution is 2.27. The second kappa shape index (κ2) is 6.73. The van der Waals surface area contributed by atoms with Crippen molar-refractivity contribution in [3.05, 3.63) is 28.2 Å². The van der Waals surface area contributed by atoms with Crippen LogP contribution >= 0.6 is 15.9 Å². The second-order valence-corrected chi connectivity index (χ2v) is 6.35. The van der Waals surface area contributed by atoms with Gasteiger partial charge in [-0.2, -0.15) is 0 Å². The predicted octanol–water partition coefficient (Wildman–Crippen LogP) is 3.02. The Kier molecular flexibility index (Phi) is 5.25. The molecule has 2 atom stereocenters. The summed E-state index contributed by atoms with van der Waals surface area (Å²) in [5, 5.41) is 0. The van der Waals surface area contributed by atoms with Crippen LogP contribution in [0.15, 0.2) is 22.7 Å². The van der Waals surface area contributed by atoms with E-state index in [-0.39, 0.29) is 0 Å². The van der Waals surface area contributed by atoms with Crippen LogP contribution in [0, 0.1) is 5.92 Å². The molecule has 1 fully saturated rings. The van der Waals surface area contributed by atoms with Gasteiger partial charge in [-0.1, -0.05) is 29.8 Å². The van der Waals surface area contributed by atoms with Crippen molar-refractivity contribution in [2.24, 2.45) is 11.7 Å². The van der Waals surface area contributed by atoms with E-state index in [4.69, 9.17) is 10.5 Å². The molecule has 1 aromatic carbocycles. The zero-order valence-corrected chi connectivity index (χ0v) is 13.3. The Morgan fingerprint density at radius 3 is 2.84 bits per heavy atom. The fourth-order valence-electron chi connectivity index (χ4n) is 2.49. The van der Waals surface area contributed by atoms with Crippen LogP contribution in [0.5, 0.6) is 5.75 Å². The summed E-state index contributed by atoms with van der Waals surface area (Å²) in [6.07, 6.45) is 1.03. The zero-order valence-electron chi connectivity index (χ0n) is 11.7. The maximum atomic E-state index is 6.09. The van der Waals surface area contributed by atoms with Gasteiger partial charge in [-0.15, -0.1) is 0 Å². The van der Waals surface area contributed by atoms with E-state index >= 15 is 0 Å². The summed E-state index contributed by atoms with van der Waals surface area (Å²) in [6, 6.07) is 6.54.